The van der Waals surface area contributed by atoms with Crippen LogP contribution in [0.1, 0.15) is 22.3 Å². The van der Waals surface area contributed by atoms with E-state index in [0.717, 1.165) is 22.3 Å². The Morgan fingerprint density at radius 3 is 1.69 bits per heavy atom. The van der Waals surface area contributed by atoms with Gasteiger partial charge < -0.3 is 9.68 Å². The van der Waals surface area contributed by atoms with Crippen molar-refractivity contribution in [2.45, 2.75) is 5.41 Å². The molecule has 0 aliphatic heterocycles. The molecule has 6 aromatic carbocycles. The summed E-state index contributed by atoms with van der Waals surface area (Å²) in [4.78, 5) is 3.61. The van der Waals surface area contributed by atoms with E-state index in [4.69, 9.17) is 16.3 Å². The van der Waals surface area contributed by atoms with Gasteiger partial charge in [-0.1, -0.05) is 121 Å². The molecule has 1 N–H and O–H groups in total. The average Bonchev–Trinajstić information content (AvgIpc) is 3.36. The third-order valence-corrected chi connectivity index (χ3v) is 8.26. The Balaban J connectivity index is 1.58. The van der Waals surface area contributed by atoms with Crippen molar-refractivity contribution in [3.05, 3.63) is 179 Å². The lowest BCUT2D eigenvalue weighted by Crippen LogP contribution is -2.28. The molecule has 42 heavy (non-hydrogen) atoms. The van der Waals surface area contributed by atoms with Crippen molar-refractivity contribution in [3.8, 4) is 39.1 Å². The van der Waals surface area contributed by atoms with E-state index >= 15 is 0 Å². The van der Waals surface area contributed by atoms with Gasteiger partial charge in [0, 0.05) is 0 Å². The van der Waals surface area contributed by atoms with Crippen LogP contribution in [0, 0.1) is 6.57 Å². The van der Waals surface area contributed by atoms with Gasteiger partial charge in [0.15, 0.2) is 5.69 Å². The minimum Gasteiger partial charge on any atom is -0.537 e. The topological polar surface area (TPSA) is 33.8 Å². The molecule has 0 amide bonds. The largest absolute Gasteiger partial charge is 0.569 e. The lowest BCUT2D eigenvalue weighted by molar-refractivity contribution is 0.454. The fraction of sp³-hybridized carbons (Fsp3) is 0.0263. The van der Waals surface area contributed by atoms with E-state index in [1.165, 1.54) is 33.4 Å². The van der Waals surface area contributed by atoms with Crippen LogP contribution >= 0.6 is 0 Å². The standard InChI is InChI=1S/C38H25BNO2/c1-40-30-20-16-26(17-21-30)34-25-37-35(24-33(34)27-18-22-31(23-19-27)42-39-41)32-14-8-9-15-36(32)38(37,28-10-4-2-5-11-28)29-12-6-3-7-13-29/h2-25,41H. The second kappa shape index (κ2) is 10.6. The maximum atomic E-state index is 9.11. The van der Waals surface area contributed by atoms with Gasteiger partial charge in [0.1, 0.15) is 5.75 Å². The molecule has 1 aliphatic carbocycles. The van der Waals surface area contributed by atoms with Crippen molar-refractivity contribution in [2.75, 3.05) is 0 Å². The molecule has 1 radical (unpaired) electrons. The van der Waals surface area contributed by atoms with Crippen LogP contribution in [0.2, 0.25) is 0 Å². The SMILES string of the molecule is [C-]#[N+]c1ccc(-c2cc3c(cc2-c2ccc(O[B]O)cc2)-c2ccccc2C3(c2ccccc2)c2ccccc2)cc1. The predicted molar refractivity (Wildman–Crippen MR) is 169 cm³/mol. The Morgan fingerprint density at radius 2 is 1.10 bits per heavy atom. The molecule has 4 heteroatoms. The molecule has 3 nitrogen and oxygen atoms in total. The average molecular weight is 538 g/mol. The Kier molecular flexibility index (Phi) is 6.43. The van der Waals surface area contributed by atoms with Gasteiger partial charge in [-0.3, -0.25) is 0 Å². The fourth-order valence-electron chi connectivity index (χ4n) is 6.45. The lowest BCUT2D eigenvalue weighted by Gasteiger charge is -2.34. The van der Waals surface area contributed by atoms with E-state index in [2.05, 4.69) is 102 Å². The van der Waals surface area contributed by atoms with Crippen LogP contribution in [0.5, 0.6) is 5.75 Å². The number of rotatable bonds is 6. The summed E-state index contributed by atoms with van der Waals surface area (Å²) < 4.78 is 5.19. The molecule has 0 atom stereocenters. The summed E-state index contributed by atoms with van der Waals surface area (Å²) in [6, 6.07) is 50.5. The molecule has 0 saturated heterocycles. The minimum absolute atomic E-state index is 0.507. The number of nitrogens with zero attached hydrogens (tertiary/aromatic N) is 1. The molecule has 0 bridgehead atoms. The molecule has 197 valence electrons. The van der Waals surface area contributed by atoms with Crippen LogP contribution in [0.15, 0.2) is 146 Å². The van der Waals surface area contributed by atoms with E-state index in [1.54, 1.807) is 0 Å². The van der Waals surface area contributed by atoms with Crippen molar-refractivity contribution < 1.29 is 9.68 Å². The third kappa shape index (κ3) is 4.03. The highest BCUT2D eigenvalue weighted by Crippen LogP contribution is 2.57. The zero-order chi connectivity index (χ0) is 28.5. The molecular formula is C38H25BNO2. The normalized spacial score (nSPS) is 12.6. The molecule has 0 spiro atoms. The first-order valence-corrected chi connectivity index (χ1v) is 13.8. The van der Waals surface area contributed by atoms with Crippen molar-refractivity contribution in [1.29, 1.82) is 0 Å². The van der Waals surface area contributed by atoms with Gasteiger partial charge >= 0.3 is 7.69 Å². The molecule has 0 saturated carbocycles. The lowest BCUT2D eigenvalue weighted by atomic mass is 9.67. The number of hydrogen-bond acceptors (Lipinski definition) is 2. The van der Waals surface area contributed by atoms with Crippen LogP contribution in [0.4, 0.5) is 5.69 Å². The molecule has 0 aromatic heterocycles. The summed E-state index contributed by atoms with van der Waals surface area (Å²) in [5, 5.41) is 9.11. The van der Waals surface area contributed by atoms with Gasteiger partial charge in [0.2, 0.25) is 0 Å². The molecule has 0 heterocycles. The van der Waals surface area contributed by atoms with Crippen molar-refractivity contribution >= 4 is 13.4 Å². The predicted octanol–water partition coefficient (Wildman–Crippen LogP) is 8.84. The molecule has 7 rings (SSSR count). The van der Waals surface area contributed by atoms with E-state index < -0.39 is 5.41 Å². The van der Waals surface area contributed by atoms with E-state index in [-0.39, 0.29) is 0 Å². The van der Waals surface area contributed by atoms with Crippen LogP contribution < -0.4 is 4.65 Å². The van der Waals surface area contributed by atoms with Gasteiger partial charge in [-0.15, -0.1) is 0 Å². The first-order valence-electron chi connectivity index (χ1n) is 13.8. The smallest absolute Gasteiger partial charge is 0.537 e. The first kappa shape index (κ1) is 25.6. The van der Waals surface area contributed by atoms with Crippen molar-refractivity contribution in [2.24, 2.45) is 0 Å². The highest BCUT2D eigenvalue weighted by molar-refractivity contribution is 6.17. The Bertz CT molecular complexity index is 1890. The molecule has 1 aliphatic rings. The van der Waals surface area contributed by atoms with Gasteiger partial charge in [-0.05, 0) is 79.9 Å². The molecule has 0 unspecified atom stereocenters. The van der Waals surface area contributed by atoms with Gasteiger partial charge in [-0.25, -0.2) is 4.85 Å². The zero-order valence-electron chi connectivity index (χ0n) is 22.7. The Hall–Kier alpha value is -5.37. The highest BCUT2D eigenvalue weighted by atomic mass is 16.5. The maximum Gasteiger partial charge on any atom is 0.569 e. The molecular weight excluding hydrogens is 513 g/mol. The van der Waals surface area contributed by atoms with Crippen LogP contribution in [0.25, 0.3) is 38.2 Å². The molecule has 0 fully saturated rings. The van der Waals surface area contributed by atoms with Gasteiger partial charge in [-0.2, -0.15) is 0 Å². The van der Waals surface area contributed by atoms with Crippen molar-refractivity contribution in [3.63, 3.8) is 0 Å². The summed E-state index contributed by atoms with van der Waals surface area (Å²) in [7, 11) is 0.693. The monoisotopic (exact) mass is 538 g/mol. The first-order chi connectivity index (χ1) is 20.7. The quantitative estimate of drug-likeness (QED) is 0.170. The fourth-order valence-corrected chi connectivity index (χ4v) is 6.45. The van der Waals surface area contributed by atoms with E-state index in [1.807, 2.05) is 48.5 Å². The number of fused-ring (bicyclic) bond motifs is 3. The second-order valence-electron chi connectivity index (χ2n) is 10.4. The Morgan fingerprint density at radius 1 is 0.548 bits per heavy atom. The maximum absolute atomic E-state index is 9.11. The minimum atomic E-state index is -0.507. The summed E-state index contributed by atoms with van der Waals surface area (Å²) in [6.45, 7) is 7.46. The van der Waals surface area contributed by atoms with Gasteiger partial charge in [0.05, 0.1) is 12.0 Å². The number of hydrogen-bond donors (Lipinski definition) is 1. The Labute approximate surface area is 246 Å². The third-order valence-electron chi connectivity index (χ3n) is 8.26. The van der Waals surface area contributed by atoms with Crippen LogP contribution in [-0.2, 0) is 5.41 Å². The second-order valence-corrected chi connectivity index (χ2v) is 10.4. The summed E-state index contributed by atoms with van der Waals surface area (Å²) in [5.74, 6) is 0.558. The van der Waals surface area contributed by atoms with Crippen molar-refractivity contribution in [1.82, 2.24) is 0 Å². The molecule has 6 aromatic rings. The zero-order valence-corrected chi connectivity index (χ0v) is 22.7. The summed E-state index contributed by atoms with van der Waals surface area (Å²) >= 11 is 0. The summed E-state index contributed by atoms with van der Waals surface area (Å²) in [6.07, 6.45) is 0. The number of benzene rings is 6. The van der Waals surface area contributed by atoms with E-state index in [0.29, 0.717) is 19.1 Å². The van der Waals surface area contributed by atoms with Gasteiger partial charge in [0.25, 0.3) is 0 Å². The summed E-state index contributed by atoms with van der Waals surface area (Å²) in [5.41, 5.74) is 11.6. The van der Waals surface area contributed by atoms with Crippen LogP contribution in [0.3, 0.4) is 0 Å². The highest BCUT2D eigenvalue weighted by Gasteiger charge is 2.46. The van der Waals surface area contributed by atoms with Crippen LogP contribution in [-0.4, -0.2) is 12.7 Å². The van der Waals surface area contributed by atoms with E-state index in [9.17, 15) is 0 Å².